The number of hydrazone groups is 1. The van der Waals surface area contributed by atoms with Gasteiger partial charge in [0, 0.05) is 12.1 Å². The first-order chi connectivity index (χ1) is 11.5. The summed E-state index contributed by atoms with van der Waals surface area (Å²) in [6.45, 7) is 2.56. The molecule has 0 aromatic heterocycles. The zero-order valence-corrected chi connectivity index (χ0v) is 14.4. The van der Waals surface area contributed by atoms with E-state index in [9.17, 15) is 15.0 Å². The van der Waals surface area contributed by atoms with Crippen molar-refractivity contribution in [3.8, 4) is 5.75 Å². The SMILES string of the molecule is CCCCCCCCN1N=C(c2ccc(OC)cc2)C(O)(O)C1=O. The molecule has 1 aromatic carbocycles. The molecule has 1 aliphatic rings. The Hall–Kier alpha value is -1.92. The fourth-order valence-corrected chi connectivity index (χ4v) is 2.72. The van der Waals surface area contributed by atoms with Crippen LogP contribution in [-0.2, 0) is 4.79 Å². The van der Waals surface area contributed by atoms with Crippen LogP contribution in [0.2, 0.25) is 0 Å². The minimum Gasteiger partial charge on any atom is -0.497 e. The van der Waals surface area contributed by atoms with E-state index in [1.54, 1.807) is 31.4 Å². The maximum atomic E-state index is 12.2. The molecule has 1 aliphatic heterocycles. The van der Waals surface area contributed by atoms with Crippen molar-refractivity contribution < 1.29 is 19.7 Å². The van der Waals surface area contributed by atoms with Gasteiger partial charge in [0.15, 0.2) is 0 Å². The number of aliphatic hydroxyl groups is 2. The third-order valence-electron chi connectivity index (χ3n) is 4.17. The average Bonchev–Trinajstić information content (AvgIpc) is 2.81. The highest BCUT2D eigenvalue weighted by Crippen LogP contribution is 2.24. The summed E-state index contributed by atoms with van der Waals surface area (Å²) in [7, 11) is 1.55. The Balaban J connectivity index is 2.00. The van der Waals surface area contributed by atoms with Gasteiger partial charge >= 0.3 is 5.91 Å². The van der Waals surface area contributed by atoms with E-state index in [1.165, 1.54) is 24.3 Å². The van der Waals surface area contributed by atoms with Gasteiger partial charge in [-0.1, -0.05) is 39.0 Å². The van der Waals surface area contributed by atoms with Crippen molar-refractivity contribution in [3.05, 3.63) is 29.8 Å². The van der Waals surface area contributed by atoms with Gasteiger partial charge in [-0.15, -0.1) is 0 Å². The van der Waals surface area contributed by atoms with Crippen LogP contribution in [0.4, 0.5) is 0 Å². The predicted molar refractivity (Wildman–Crippen MR) is 91.8 cm³/mol. The summed E-state index contributed by atoms with van der Waals surface area (Å²) in [6, 6.07) is 6.68. The normalized spacial score (nSPS) is 16.4. The second kappa shape index (κ2) is 8.26. The number of ether oxygens (including phenoxy) is 1. The highest BCUT2D eigenvalue weighted by molar-refractivity contribution is 6.20. The molecule has 24 heavy (non-hydrogen) atoms. The zero-order chi connectivity index (χ0) is 17.6. The zero-order valence-electron chi connectivity index (χ0n) is 14.4. The van der Waals surface area contributed by atoms with Crippen molar-refractivity contribution in [2.24, 2.45) is 5.10 Å². The molecule has 0 atom stereocenters. The van der Waals surface area contributed by atoms with Crippen LogP contribution in [0.15, 0.2) is 29.4 Å². The number of nitrogens with zero attached hydrogens (tertiary/aromatic N) is 2. The summed E-state index contributed by atoms with van der Waals surface area (Å²) >= 11 is 0. The van der Waals surface area contributed by atoms with Crippen molar-refractivity contribution in [1.29, 1.82) is 0 Å². The Morgan fingerprint density at radius 2 is 1.71 bits per heavy atom. The molecule has 0 fully saturated rings. The fraction of sp³-hybridized carbons (Fsp3) is 0.556. The van der Waals surface area contributed by atoms with Crippen LogP contribution in [0, 0.1) is 0 Å². The second-order valence-electron chi connectivity index (χ2n) is 6.05. The topological polar surface area (TPSA) is 82.4 Å². The second-order valence-corrected chi connectivity index (χ2v) is 6.05. The Morgan fingerprint density at radius 3 is 2.33 bits per heavy atom. The predicted octanol–water partition coefficient (Wildman–Crippen LogP) is 2.28. The number of hydrogen-bond donors (Lipinski definition) is 2. The molecule has 2 N–H and O–H groups in total. The van der Waals surface area contributed by atoms with Crippen LogP contribution < -0.4 is 4.74 Å². The van der Waals surface area contributed by atoms with Gasteiger partial charge in [-0.05, 0) is 30.7 Å². The van der Waals surface area contributed by atoms with E-state index in [1.807, 2.05) is 0 Å². The highest BCUT2D eigenvalue weighted by atomic mass is 16.5. The fourth-order valence-electron chi connectivity index (χ4n) is 2.72. The van der Waals surface area contributed by atoms with E-state index in [0.717, 1.165) is 19.3 Å². The molecule has 0 spiro atoms. The number of rotatable bonds is 9. The molecule has 6 nitrogen and oxygen atoms in total. The summed E-state index contributed by atoms with van der Waals surface area (Å²) in [5.74, 6) is -2.72. The number of carbonyl (C=O) groups is 1. The van der Waals surface area contributed by atoms with E-state index < -0.39 is 11.7 Å². The van der Waals surface area contributed by atoms with Gasteiger partial charge in [0.1, 0.15) is 11.5 Å². The number of methoxy groups -OCH3 is 1. The van der Waals surface area contributed by atoms with Gasteiger partial charge in [0.05, 0.1) is 7.11 Å². The van der Waals surface area contributed by atoms with Crippen molar-refractivity contribution in [2.45, 2.75) is 51.2 Å². The largest absolute Gasteiger partial charge is 0.497 e. The van der Waals surface area contributed by atoms with E-state index in [2.05, 4.69) is 12.0 Å². The van der Waals surface area contributed by atoms with Crippen LogP contribution in [-0.4, -0.2) is 46.3 Å². The summed E-state index contributed by atoms with van der Waals surface area (Å²) in [6.07, 6.45) is 6.52. The molecule has 0 radical (unpaired) electrons. The number of amides is 1. The molecular weight excluding hydrogens is 308 g/mol. The van der Waals surface area contributed by atoms with Crippen molar-refractivity contribution >= 4 is 11.6 Å². The first-order valence-corrected chi connectivity index (χ1v) is 8.51. The third kappa shape index (κ3) is 4.13. The lowest BCUT2D eigenvalue weighted by molar-refractivity contribution is -0.168. The van der Waals surface area contributed by atoms with Crippen LogP contribution >= 0.6 is 0 Å². The Labute approximate surface area is 142 Å². The lowest BCUT2D eigenvalue weighted by Gasteiger charge is -2.17. The number of carbonyl (C=O) groups excluding carboxylic acids is 1. The van der Waals surface area contributed by atoms with Crippen molar-refractivity contribution in [3.63, 3.8) is 0 Å². The quantitative estimate of drug-likeness (QED) is 0.536. The lowest BCUT2D eigenvalue weighted by Crippen LogP contribution is -2.46. The van der Waals surface area contributed by atoms with Gasteiger partial charge in [-0.3, -0.25) is 4.79 Å². The Bertz CT molecular complexity index is 581. The van der Waals surface area contributed by atoms with Crippen LogP contribution in [0.3, 0.4) is 0 Å². The van der Waals surface area contributed by atoms with Crippen molar-refractivity contribution in [2.75, 3.05) is 13.7 Å². The van der Waals surface area contributed by atoms with Gasteiger partial charge in [0.2, 0.25) is 0 Å². The molecule has 0 saturated carbocycles. The Kier molecular flexibility index (Phi) is 6.34. The number of hydrogen-bond acceptors (Lipinski definition) is 5. The standard InChI is InChI=1S/C18H26N2O4/c1-3-4-5-6-7-8-13-20-17(21)18(22,23)16(19-20)14-9-11-15(24-2)12-10-14/h9-12,22-23H,3-8,13H2,1-2H3. The third-order valence-corrected chi connectivity index (χ3v) is 4.17. The molecule has 1 heterocycles. The first-order valence-electron chi connectivity index (χ1n) is 8.51. The lowest BCUT2D eigenvalue weighted by atomic mass is 10.0. The minimum atomic E-state index is -2.57. The molecule has 6 heteroatoms. The van der Waals surface area contributed by atoms with E-state index >= 15 is 0 Å². The maximum Gasteiger partial charge on any atom is 0.309 e. The summed E-state index contributed by atoms with van der Waals surface area (Å²) in [5, 5.41) is 25.6. The molecule has 132 valence electrons. The average molecular weight is 334 g/mol. The molecule has 0 unspecified atom stereocenters. The van der Waals surface area contributed by atoms with Gasteiger partial charge < -0.3 is 14.9 Å². The van der Waals surface area contributed by atoms with Crippen LogP contribution in [0.25, 0.3) is 0 Å². The van der Waals surface area contributed by atoms with Crippen LogP contribution in [0.5, 0.6) is 5.75 Å². The molecular formula is C18H26N2O4. The maximum absolute atomic E-state index is 12.2. The molecule has 1 aromatic rings. The van der Waals surface area contributed by atoms with Gasteiger partial charge in [-0.25, -0.2) is 5.01 Å². The van der Waals surface area contributed by atoms with Crippen LogP contribution in [0.1, 0.15) is 51.0 Å². The van der Waals surface area contributed by atoms with Gasteiger partial charge in [-0.2, -0.15) is 5.10 Å². The Morgan fingerprint density at radius 1 is 1.08 bits per heavy atom. The highest BCUT2D eigenvalue weighted by Gasteiger charge is 2.48. The van der Waals surface area contributed by atoms with E-state index in [0.29, 0.717) is 17.9 Å². The monoisotopic (exact) mass is 334 g/mol. The summed E-state index contributed by atoms with van der Waals surface area (Å²) < 4.78 is 5.08. The smallest absolute Gasteiger partial charge is 0.309 e. The van der Waals surface area contributed by atoms with E-state index in [4.69, 9.17) is 4.74 Å². The number of benzene rings is 1. The molecule has 0 aliphatic carbocycles. The molecule has 0 saturated heterocycles. The number of unbranched alkanes of at least 4 members (excludes halogenated alkanes) is 5. The first kappa shape index (κ1) is 18.4. The van der Waals surface area contributed by atoms with Gasteiger partial charge in [0.25, 0.3) is 5.79 Å². The molecule has 0 bridgehead atoms. The molecule has 2 rings (SSSR count). The molecule has 1 amide bonds. The van der Waals surface area contributed by atoms with Crippen molar-refractivity contribution in [1.82, 2.24) is 5.01 Å². The summed E-state index contributed by atoms with van der Waals surface area (Å²) in [5.41, 5.74) is 0.445. The summed E-state index contributed by atoms with van der Waals surface area (Å²) in [4.78, 5) is 12.2. The minimum absolute atomic E-state index is 0.0406. The van der Waals surface area contributed by atoms with E-state index in [-0.39, 0.29) is 5.71 Å².